The van der Waals surface area contributed by atoms with Gasteiger partial charge >= 0.3 is 12.1 Å². The average molecular weight is 476 g/mol. The molecular formula is C19H27F3N6O5. The number of hydrogen-bond acceptors (Lipinski definition) is 8. The normalized spacial score (nSPS) is 18.6. The van der Waals surface area contributed by atoms with Crippen LogP contribution in [0.25, 0.3) is 0 Å². The lowest BCUT2D eigenvalue weighted by atomic mass is 9.99. The van der Waals surface area contributed by atoms with Crippen molar-refractivity contribution in [3.63, 3.8) is 0 Å². The van der Waals surface area contributed by atoms with Gasteiger partial charge in [-0.1, -0.05) is 12.1 Å². The number of carboxylic acids is 1. The van der Waals surface area contributed by atoms with Crippen molar-refractivity contribution in [2.75, 3.05) is 26.8 Å². The Kier molecular flexibility index (Phi) is 9.34. The fraction of sp³-hybridized carbons (Fsp3) is 0.632. The number of amides is 1. The summed E-state index contributed by atoms with van der Waals surface area (Å²) in [6.45, 7) is 4.20. The molecule has 11 nitrogen and oxygen atoms in total. The highest BCUT2D eigenvalue weighted by Crippen LogP contribution is 2.28. The number of likely N-dealkylation sites (tertiary alicyclic amines) is 1. The second kappa shape index (κ2) is 11.7. The first-order valence-electron chi connectivity index (χ1n) is 10.1. The van der Waals surface area contributed by atoms with Gasteiger partial charge in [0.05, 0.1) is 12.6 Å². The minimum atomic E-state index is -5.08. The van der Waals surface area contributed by atoms with Crippen LogP contribution in [0.3, 0.4) is 0 Å². The van der Waals surface area contributed by atoms with Crippen molar-refractivity contribution in [2.24, 2.45) is 7.05 Å². The Bertz CT molecular complexity index is 916. The van der Waals surface area contributed by atoms with Crippen molar-refractivity contribution < 1.29 is 37.1 Å². The maximum atomic E-state index is 12.0. The molecule has 1 aliphatic heterocycles. The van der Waals surface area contributed by atoms with Gasteiger partial charge < -0.3 is 19.7 Å². The van der Waals surface area contributed by atoms with Crippen molar-refractivity contribution in [1.29, 1.82) is 0 Å². The molecule has 1 amide bonds. The predicted octanol–water partition coefficient (Wildman–Crippen LogP) is 1.12. The number of methoxy groups -OCH3 is 1. The molecule has 0 aromatic carbocycles. The van der Waals surface area contributed by atoms with Gasteiger partial charge in [0.25, 0.3) is 0 Å². The Hall–Kier alpha value is -3.00. The number of aromatic nitrogens is 4. The van der Waals surface area contributed by atoms with Gasteiger partial charge in [-0.05, 0) is 12.5 Å². The maximum Gasteiger partial charge on any atom is 0.490 e. The molecule has 3 heterocycles. The van der Waals surface area contributed by atoms with Crippen LogP contribution in [0.4, 0.5) is 13.2 Å². The SMILES string of the molecule is CCCc1noc(CN2C[C@@H](NC(=O)COC)[C@H](c3ccnn3C)C2)n1.O=C(O)C(F)(F)F. The van der Waals surface area contributed by atoms with E-state index in [0.717, 1.165) is 30.9 Å². The molecule has 2 aromatic rings. The number of carbonyl (C=O) groups is 2. The molecule has 2 N–H and O–H groups in total. The molecule has 0 saturated carbocycles. The van der Waals surface area contributed by atoms with Crippen molar-refractivity contribution in [2.45, 2.75) is 44.4 Å². The summed E-state index contributed by atoms with van der Waals surface area (Å²) < 4.78 is 43.9. The van der Waals surface area contributed by atoms with Crippen molar-refractivity contribution in [3.8, 4) is 0 Å². The number of nitrogens with zero attached hydrogens (tertiary/aromatic N) is 5. The number of rotatable bonds is 8. The summed E-state index contributed by atoms with van der Waals surface area (Å²) in [5.41, 5.74) is 1.09. The zero-order valence-corrected chi connectivity index (χ0v) is 18.5. The number of aryl methyl sites for hydroxylation is 2. The van der Waals surface area contributed by atoms with E-state index in [9.17, 15) is 18.0 Å². The van der Waals surface area contributed by atoms with Crippen LogP contribution in [-0.4, -0.2) is 80.8 Å². The van der Waals surface area contributed by atoms with Crippen LogP contribution < -0.4 is 5.32 Å². The van der Waals surface area contributed by atoms with Gasteiger partial charge in [0.15, 0.2) is 5.82 Å². The van der Waals surface area contributed by atoms with Gasteiger partial charge in [-0.15, -0.1) is 0 Å². The van der Waals surface area contributed by atoms with E-state index in [2.05, 4.69) is 32.4 Å². The van der Waals surface area contributed by atoms with E-state index in [0.29, 0.717) is 19.0 Å². The number of ether oxygens (including phenoxy) is 1. The molecule has 2 atom stereocenters. The molecule has 0 spiro atoms. The van der Waals surface area contributed by atoms with Crippen LogP contribution >= 0.6 is 0 Å². The van der Waals surface area contributed by atoms with Gasteiger partial charge in [-0.3, -0.25) is 14.4 Å². The molecule has 1 aliphatic rings. The average Bonchev–Trinajstić information content (AvgIpc) is 3.43. The van der Waals surface area contributed by atoms with Crippen LogP contribution in [0.5, 0.6) is 0 Å². The number of alkyl halides is 3. The summed E-state index contributed by atoms with van der Waals surface area (Å²) in [5.74, 6) is -1.38. The first-order chi connectivity index (χ1) is 15.5. The number of carboxylic acid groups (broad SMARTS) is 1. The smallest absolute Gasteiger partial charge is 0.475 e. The van der Waals surface area contributed by atoms with Crippen molar-refractivity contribution >= 4 is 11.9 Å². The third kappa shape index (κ3) is 7.82. The van der Waals surface area contributed by atoms with E-state index in [1.807, 2.05) is 17.8 Å². The third-order valence-corrected chi connectivity index (χ3v) is 4.84. The lowest BCUT2D eigenvalue weighted by Crippen LogP contribution is -2.41. The number of aliphatic carboxylic acids is 1. The molecule has 0 radical (unpaired) electrons. The summed E-state index contributed by atoms with van der Waals surface area (Å²) in [5, 5.41) is 18.5. The second-order valence-electron chi connectivity index (χ2n) is 7.44. The number of nitrogens with one attached hydrogen (secondary N) is 1. The van der Waals surface area contributed by atoms with Crippen molar-refractivity contribution in [1.82, 2.24) is 30.1 Å². The molecule has 0 bridgehead atoms. The Labute approximate surface area is 187 Å². The molecule has 1 saturated heterocycles. The molecule has 2 aromatic heterocycles. The molecule has 0 unspecified atom stereocenters. The largest absolute Gasteiger partial charge is 0.490 e. The summed E-state index contributed by atoms with van der Waals surface area (Å²) in [6.07, 6.45) is -1.50. The van der Waals surface area contributed by atoms with Crippen LogP contribution in [-0.2, 0) is 34.3 Å². The van der Waals surface area contributed by atoms with E-state index in [1.54, 1.807) is 6.20 Å². The van der Waals surface area contributed by atoms with E-state index >= 15 is 0 Å². The Morgan fingerprint density at radius 2 is 2.06 bits per heavy atom. The van der Waals surface area contributed by atoms with Crippen LogP contribution in [0.15, 0.2) is 16.8 Å². The van der Waals surface area contributed by atoms with E-state index in [1.165, 1.54) is 7.11 Å². The zero-order valence-electron chi connectivity index (χ0n) is 18.5. The third-order valence-electron chi connectivity index (χ3n) is 4.84. The molecule has 1 fully saturated rings. The van der Waals surface area contributed by atoms with Crippen LogP contribution in [0.2, 0.25) is 0 Å². The topological polar surface area (TPSA) is 136 Å². The number of halogens is 3. The van der Waals surface area contributed by atoms with E-state index in [4.69, 9.17) is 19.2 Å². The fourth-order valence-electron chi connectivity index (χ4n) is 3.46. The predicted molar refractivity (Wildman–Crippen MR) is 107 cm³/mol. The second-order valence-corrected chi connectivity index (χ2v) is 7.44. The summed E-state index contributed by atoms with van der Waals surface area (Å²) in [4.78, 5) is 27.6. The maximum absolute atomic E-state index is 12.0. The van der Waals surface area contributed by atoms with Gasteiger partial charge in [0.2, 0.25) is 11.8 Å². The van der Waals surface area contributed by atoms with Gasteiger partial charge in [0, 0.05) is 51.5 Å². The highest BCUT2D eigenvalue weighted by molar-refractivity contribution is 5.77. The lowest BCUT2D eigenvalue weighted by molar-refractivity contribution is -0.192. The number of carbonyl (C=O) groups excluding carboxylic acids is 1. The first-order valence-corrected chi connectivity index (χ1v) is 10.1. The highest BCUT2D eigenvalue weighted by atomic mass is 19.4. The fourth-order valence-corrected chi connectivity index (χ4v) is 3.46. The van der Waals surface area contributed by atoms with Gasteiger partial charge in [-0.25, -0.2) is 4.79 Å². The summed E-state index contributed by atoms with van der Waals surface area (Å²) >= 11 is 0. The molecule has 0 aliphatic carbocycles. The first kappa shape index (κ1) is 26.3. The molecule has 33 heavy (non-hydrogen) atoms. The lowest BCUT2D eigenvalue weighted by Gasteiger charge is -2.20. The molecule has 14 heteroatoms. The molecule has 3 rings (SSSR count). The van der Waals surface area contributed by atoms with Crippen molar-refractivity contribution in [3.05, 3.63) is 29.7 Å². The Morgan fingerprint density at radius 1 is 1.36 bits per heavy atom. The quantitative estimate of drug-likeness (QED) is 0.574. The highest BCUT2D eigenvalue weighted by Gasteiger charge is 2.38. The van der Waals surface area contributed by atoms with Gasteiger partial charge in [0.1, 0.15) is 6.61 Å². The number of hydrogen-bond donors (Lipinski definition) is 2. The monoisotopic (exact) mass is 476 g/mol. The standard InChI is InChI=1S/C17H26N6O3.C2HF3O2/c1-4-5-15-20-17(26-21-15)10-23-8-12(14-6-7-18-22(14)2)13(9-23)19-16(24)11-25-3;3-2(4,5)1(6)7/h6-7,12-13H,4-5,8-11H2,1-3H3,(H,19,24);(H,6,7)/t12-,13-;/m1./s1. The zero-order chi connectivity index (χ0) is 24.6. The minimum Gasteiger partial charge on any atom is -0.475 e. The van der Waals surface area contributed by atoms with Crippen LogP contribution in [0, 0.1) is 0 Å². The van der Waals surface area contributed by atoms with Gasteiger partial charge in [-0.2, -0.15) is 23.3 Å². The van der Waals surface area contributed by atoms with E-state index in [-0.39, 0.29) is 24.5 Å². The van der Waals surface area contributed by atoms with E-state index < -0.39 is 12.1 Å². The summed E-state index contributed by atoms with van der Waals surface area (Å²) in [7, 11) is 3.43. The molecular weight excluding hydrogens is 449 g/mol. The van der Waals surface area contributed by atoms with Crippen LogP contribution in [0.1, 0.15) is 36.7 Å². The Balaban J connectivity index is 0.000000479. The Morgan fingerprint density at radius 3 is 2.61 bits per heavy atom. The summed E-state index contributed by atoms with van der Waals surface area (Å²) in [6, 6.07) is 1.97. The molecule has 184 valence electrons. The minimum absolute atomic E-state index is 0.0221.